The summed E-state index contributed by atoms with van der Waals surface area (Å²) in [4.78, 5) is 34.0. The second-order valence-electron chi connectivity index (χ2n) is 7.41. The van der Waals surface area contributed by atoms with Crippen LogP contribution in [0.3, 0.4) is 0 Å². The van der Waals surface area contributed by atoms with Crippen molar-refractivity contribution in [3.63, 3.8) is 0 Å². The van der Waals surface area contributed by atoms with Gasteiger partial charge in [0.25, 0.3) is 17.3 Å². The van der Waals surface area contributed by atoms with Crippen LogP contribution in [0.1, 0.15) is 10.4 Å². The van der Waals surface area contributed by atoms with E-state index in [1.807, 2.05) is 42.5 Å². The molecule has 4 aromatic carbocycles. The van der Waals surface area contributed by atoms with Gasteiger partial charge in [-0.15, -0.1) is 0 Å². The van der Waals surface area contributed by atoms with E-state index in [4.69, 9.17) is 0 Å². The van der Waals surface area contributed by atoms with Crippen molar-refractivity contribution in [3.8, 4) is 0 Å². The van der Waals surface area contributed by atoms with Crippen LogP contribution in [0.15, 0.2) is 97.1 Å². The standard InChI is InChI=1S/C25H19N5O5/c31-25(27-19-12-10-18(11-13-19)26-17-6-2-1-3-7-17)21-8-4-5-9-22(21)28-23-15-14-20(29(32)33)16-24(23)30(34)35/h1-16,26,28H,(H,27,31). The number of hydrogen-bond acceptors (Lipinski definition) is 7. The van der Waals surface area contributed by atoms with E-state index in [2.05, 4.69) is 16.0 Å². The van der Waals surface area contributed by atoms with Crippen molar-refractivity contribution < 1.29 is 14.6 Å². The van der Waals surface area contributed by atoms with E-state index in [0.717, 1.165) is 23.5 Å². The molecule has 0 aliphatic heterocycles. The van der Waals surface area contributed by atoms with Crippen LogP contribution in [0.2, 0.25) is 0 Å². The van der Waals surface area contributed by atoms with Gasteiger partial charge in [-0.05, 0) is 54.6 Å². The van der Waals surface area contributed by atoms with Gasteiger partial charge in [-0.2, -0.15) is 0 Å². The molecule has 4 aromatic rings. The lowest BCUT2D eigenvalue weighted by Crippen LogP contribution is -2.14. The number of nitrogens with zero attached hydrogens (tertiary/aromatic N) is 2. The van der Waals surface area contributed by atoms with Gasteiger partial charge >= 0.3 is 0 Å². The molecule has 10 heteroatoms. The molecule has 0 saturated carbocycles. The molecule has 0 spiro atoms. The zero-order valence-electron chi connectivity index (χ0n) is 18.2. The molecule has 0 unspecified atom stereocenters. The number of carbonyl (C=O) groups excluding carboxylic acids is 1. The lowest BCUT2D eigenvalue weighted by Gasteiger charge is -2.13. The summed E-state index contributed by atoms with van der Waals surface area (Å²) in [6.07, 6.45) is 0. The highest BCUT2D eigenvalue weighted by molar-refractivity contribution is 6.08. The van der Waals surface area contributed by atoms with E-state index in [-0.39, 0.29) is 11.3 Å². The van der Waals surface area contributed by atoms with Crippen molar-refractivity contribution in [1.82, 2.24) is 0 Å². The first kappa shape index (κ1) is 22.9. The molecule has 0 atom stereocenters. The molecule has 0 saturated heterocycles. The van der Waals surface area contributed by atoms with Crippen molar-refractivity contribution in [2.24, 2.45) is 0 Å². The second kappa shape index (κ2) is 10.1. The summed E-state index contributed by atoms with van der Waals surface area (Å²) in [6.45, 7) is 0. The van der Waals surface area contributed by atoms with Crippen molar-refractivity contribution in [2.45, 2.75) is 0 Å². The third-order valence-corrected chi connectivity index (χ3v) is 5.04. The molecule has 0 fully saturated rings. The fourth-order valence-electron chi connectivity index (χ4n) is 3.35. The first-order valence-corrected chi connectivity index (χ1v) is 10.4. The molecule has 35 heavy (non-hydrogen) atoms. The number of non-ortho nitro benzene ring substituents is 1. The number of para-hydroxylation sites is 2. The molecule has 0 aromatic heterocycles. The van der Waals surface area contributed by atoms with Gasteiger partial charge in [0, 0.05) is 23.1 Å². The number of nitro groups is 2. The Kier molecular flexibility index (Phi) is 6.64. The van der Waals surface area contributed by atoms with Crippen molar-refractivity contribution in [2.75, 3.05) is 16.0 Å². The van der Waals surface area contributed by atoms with Gasteiger partial charge in [0.15, 0.2) is 0 Å². The van der Waals surface area contributed by atoms with Gasteiger partial charge in [-0.3, -0.25) is 25.0 Å². The van der Waals surface area contributed by atoms with Crippen LogP contribution in [-0.2, 0) is 0 Å². The minimum Gasteiger partial charge on any atom is -0.356 e. The van der Waals surface area contributed by atoms with Crippen molar-refractivity contribution in [1.29, 1.82) is 0 Å². The fourth-order valence-corrected chi connectivity index (χ4v) is 3.35. The first-order chi connectivity index (χ1) is 16.9. The lowest BCUT2D eigenvalue weighted by molar-refractivity contribution is -0.393. The quantitative estimate of drug-likeness (QED) is 0.205. The van der Waals surface area contributed by atoms with E-state index in [1.165, 1.54) is 6.07 Å². The average molecular weight is 469 g/mol. The highest BCUT2D eigenvalue weighted by atomic mass is 16.6. The zero-order chi connectivity index (χ0) is 24.8. The van der Waals surface area contributed by atoms with Gasteiger partial charge in [0.2, 0.25) is 0 Å². The molecule has 0 heterocycles. The number of amides is 1. The van der Waals surface area contributed by atoms with Crippen LogP contribution >= 0.6 is 0 Å². The summed E-state index contributed by atoms with van der Waals surface area (Å²) >= 11 is 0. The van der Waals surface area contributed by atoms with Gasteiger partial charge in [-0.25, -0.2) is 0 Å². The predicted octanol–water partition coefficient (Wildman–Crippen LogP) is 6.24. The molecule has 0 aliphatic carbocycles. The topological polar surface area (TPSA) is 139 Å². The van der Waals surface area contributed by atoms with Gasteiger partial charge in [0.05, 0.1) is 27.2 Å². The van der Waals surface area contributed by atoms with Crippen LogP contribution in [-0.4, -0.2) is 15.8 Å². The Morgan fingerprint density at radius 3 is 1.94 bits per heavy atom. The lowest BCUT2D eigenvalue weighted by atomic mass is 10.1. The number of rotatable bonds is 8. The monoisotopic (exact) mass is 469 g/mol. The highest BCUT2D eigenvalue weighted by Crippen LogP contribution is 2.32. The highest BCUT2D eigenvalue weighted by Gasteiger charge is 2.21. The Morgan fingerprint density at radius 1 is 0.629 bits per heavy atom. The third kappa shape index (κ3) is 5.57. The summed E-state index contributed by atoms with van der Waals surface area (Å²) in [5.74, 6) is -0.429. The summed E-state index contributed by atoms with van der Waals surface area (Å²) in [5, 5.41) is 31.4. The molecule has 0 aliphatic rings. The van der Waals surface area contributed by atoms with Crippen LogP contribution < -0.4 is 16.0 Å². The van der Waals surface area contributed by atoms with E-state index in [0.29, 0.717) is 11.4 Å². The van der Waals surface area contributed by atoms with E-state index in [1.54, 1.807) is 36.4 Å². The Balaban J connectivity index is 1.52. The summed E-state index contributed by atoms with van der Waals surface area (Å²) in [5.41, 5.74) is 2.04. The number of nitro benzene ring substituents is 2. The average Bonchev–Trinajstić information content (AvgIpc) is 2.86. The molecule has 3 N–H and O–H groups in total. The normalized spacial score (nSPS) is 10.3. The molecular formula is C25H19N5O5. The summed E-state index contributed by atoms with van der Waals surface area (Å²) in [6, 6.07) is 26.6. The summed E-state index contributed by atoms with van der Waals surface area (Å²) in [7, 11) is 0. The van der Waals surface area contributed by atoms with E-state index in [9.17, 15) is 25.0 Å². The Hall–Kier alpha value is -5.25. The second-order valence-corrected chi connectivity index (χ2v) is 7.41. The van der Waals surface area contributed by atoms with Crippen LogP contribution in [0, 0.1) is 20.2 Å². The minimum atomic E-state index is -0.719. The molecule has 1 amide bonds. The maximum absolute atomic E-state index is 13.0. The molecule has 0 radical (unpaired) electrons. The van der Waals surface area contributed by atoms with E-state index < -0.39 is 27.1 Å². The molecular weight excluding hydrogens is 450 g/mol. The van der Waals surface area contributed by atoms with Crippen LogP contribution in [0.4, 0.5) is 39.8 Å². The third-order valence-electron chi connectivity index (χ3n) is 5.04. The molecule has 4 rings (SSSR count). The Morgan fingerprint density at radius 2 is 1.26 bits per heavy atom. The molecule has 10 nitrogen and oxygen atoms in total. The summed E-state index contributed by atoms with van der Waals surface area (Å²) < 4.78 is 0. The predicted molar refractivity (Wildman–Crippen MR) is 134 cm³/mol. The van der Waals surface area contributed by atoms with Crippen molar-refractivity contribution >= 4 is 45.7 Å². The Bertz CT molecular complexity index is 1390. The van der Waals surface area contributed by atoms with Crippen LogP contribution in [0.5, 0.6) is 0 Å². The Labute approximate surface area is 199 Å². The van der Waals surface area contributed by atoms with Gasteiger partial charge < -0.3 is 16.0 Å². The largest absolute Gasteiger partial charge is 0.356 e. The van der Waals surface area contributed by atoms with Crippen molar-refractivity contribution in [3.05, 3.63) is 123 Å². The van der Waals surface area contributed by atoms with E-state index >= 15 is 0 Å². The molecule has 174 valence electrons. The zero-order valence-corrected chi connectivity index (χ0v) is 18.2. The van der Waals surface area contributed by atoms with Gasteiger partial charge in [-0.1, -0.05) is 30.3 Å². The van der Waals surface area contributed by atoms with Gasteiger partial charge in [0.1, 0.15) is 5.69 Å². The first-order valence-electron chi connectivity index (χ1n) is 10.4. The molecule has 0 bridgehead atoms. The number of anilines is 5. The smallest absolute Gasteiger partial charge is 0.299 e. The number of benzene rings is 4. The SMILES string of the molecule is O=C(Nc1ccc(Nc2ccccc2)cc1)c1ccccc1Nc1ccc([N+](=O)[O-])cc1[N+](=O)[O-]. The minimum absolute atomic E-state index is 0.0252. The number of hydrogen-bond donors (Lipinski definition) is 3. The number of nitrogens with one attached hydrogen (secondary N) is 3. The number of carbonyl (C=O) groups is 1. The maximum atomic E-state index is 13.0. The van der Waals surface area contributed by atoms with Crippen LogP contribution in [0.25, 0.3) is 0 Å². The maximum Gasteiger partial charge on any atom is 0.299 e. The fraction of sp³-hybridized carbons (Fsp3) is 0.